The van der Waals surface area contributed by atoms with Gasteiger partial charge in [0.1, 0.15) is 0 Å². The molecule has 6 heteroatoms. The van der Waals surface area contributed by atoms with Gasteiger partial charge in [0, 0.05) is 73.5 Å². The van der Waals surface area contributed by atoms with Gasteiger partial charge < -0.3 is 4.57 Å². The Bertz CT molecular complexity index is 3470. The molecule has 0 fully saturated rings. The average Bonchev–Trinajstić information content (AvgIpc) is 3.95. The largest absolute Gasteiger partial charge is 0.309 e. The first-order valence-electron chi connectivity index (χ1n) is 19.0. The average molecular weight is 763 g/mol. The van der Waals surface area contributed by atoms with Gasteiger partial charge in [0.05, 0.1) is 11.0 Å². The molecular weight excluding hydrogens is 733 g/mol. The molecular formula is C51H30N4S2. The smallest absolute Gasteiger partial charge is 0.164 e. The van der Waals surface area contributed by atoms with Crippen molar-refractivity contribution in [3.63, 3.8) is 0 Å². The summed E-state index contributed by atoms with van der Waals surface area (Å²) in [5.41, 5.74) is 8.67. The number of nitrogens with zero attached hydrogens (tertiary/aromatic N) is 4. The Morgan fingerprint density at radius 1 is 0.298 bits per heavy atom. The van der Waals surface area contributed by atoms with Crippen LogP contribution >= 0.6 is 22.7 Å². The Morgan fingerprint density at radius 3 is 1.44 bits per heavy atom. The summed E-state index contributed by atoms with van der Waals surface area (Å²) in [7, 11) is 0. The van der Waals surface area contributed by atoms with Crippen LogP contribution in [0.25, 0.3) is 113 Å². The molecule has 0 saturated heterocycles. The number of thiophene rings is 2. The van der Waals surface area contributed by atoms with Crippen molar-refractivity contribution in [1.82, 2.24) is 19.5 Å². The van der Waals surface area contributed by atoms with Gasteiger partial charge in [0.2, 0.25) is 0 Å². The van der Waals surface area contributed by atoms with Crippen molar-refractivity contribution in [1.29, 1.82) is 0 Å². The summed E-state index contributed by atoms with van der Waals surface area (Å²) in [4.78, 5) is 15.1. The lowest BCUT2D eigenvalue weighted by molar-refractivity contribution is 1.07. The monoisotopic (exact) mass is 762 g/mol. The Hall–Kier alpha value is -6.99. The maximum absolute atomic E-state index is 5.07. The predicted molar refractivity (Wildman–Crippen MR) is 242 cm³/mol. The van der Waals surface area contributed by atoms with Crippen LogP contribution in [-0.2, 0) is 0 Å². The number of aromatic nitrogens is 4. The third-order valence-corrected chi connectivity index (χ3v) is 13.3. The molecule has 0 aliphatic heterocycles. The fourth-order valence-electron chi connectivity index (χ4n) is 8.31. The summed E-state index contributed by atoms with van der Waals surface area (Å²) in [5.74, 6) is 1.95. The number of benzene rings is 8. The molecule has 4 aromatic heterocycles. The van der Waals surface area contributed by atoms with Crippen LogP contribution < -0.4 is 0 Å². The highest BCUT2D eigenvalue weighted by molar-refractivity contribution is 7.26. The molecule has 266 valence electrons. The molecule has 4 nitrogen and oxygen atoms in total. The maximum atomic E-state index is 5.07. The van der Waals surface area contributed by atoms with E-state index < -0.39 is 0 Å². The van der Waals surface area contributed by atoms with Crippen molar-refractivity contribution in [2.24, 2.45) is 0 Å². The van der Waals surface area contributed by atoms with Crippen LogP contribution in [0.15, 0.2) is 182 Å². The van der Waals surface area contributed by atoms with Crippen LogP contribution in [0.3, 0.4) is 0 Å². The van der Waals surface area contributed by atoms with Gasteiger partial charge in [-0.05, 0) is 65.7 Å². The maximum Gasteiger partial charge on any atom is 0.164 e. The van der Waals surface area contributed by atoms with E-state index in [0.29, 0.717) is 17.5 Å². The van der Waals surface area contributed by atoms with Crippen molar-refractivity contribution in [2.75, 3.05) is 0 Å². The number of fused-ring (bicyclic) bond motifs is 9. The molecule has 0 saturated carbocycles. The summed E-state index contributed by atoms with van der Waals surface area (Å²) < 4.78 is 7.63. The molecule has 4 heterocycles. The van der Waals surface area contributed by atoms with Crippen LogP contribution in [0, 0.1) is 0 Å². The normalized spacial score (nSPS) is 11.9. The molecule has 0 unspecified atom stereocenters. The van der Waals surface area contributed by atoms with Crippen LogP contribution in [0.5, 0.6) is 0 Å². The van der Waals surface area contributed by atoms with Gasteiger partial charge in [0.25, 0.3) is 0 Å². The quantitative estimate of drug-likeness (QED) is 0.175. The van der Waals surface area contributed by atoms with Crippen molar-refractivity contribution < 1.29 is 0 Å². The molecule has 0 aliphatic rings. The van der Waals surface area contributed by atoms with E-state index in [-0.39, 0.29) is 0 Å². The van der Waals surface area contributed by atoms with E-state index in [2.05, 4.69) is 126 Å². The second kappa shape index (κ2) is 12.8. The first-order valence-corrected chi connectivity index (χ1v) is 20.6. The molecule has 8 aromatic carbocycles. The Balaban J connectivity index is 1.08. The van der Waals surface area contributed by atoms with E-state index in [4.69, 9.17) is 15.0 Å². The summed E-state index contributed by atoms with van der Waals surface area (Å²) in [6.07, 6.45) is 0. The van der Waals surface area contributed by atoms with E-state index in [0.717, 1.165) is 38.8 Å². The summed E-state index contributed by atoms with van der Waals surface area (Å²) in [6.45, 7) is 0. The van der Waals surface area contributed by atoms with E-state index >= 15 is 0 Å². The molecule has 0 aliphatic carbocycles. The lowest BCUT2D eigenvalue weighted by atomic mass is 10.0. The van der Waals surface area contributed by atoms with Crippen molar-refractivity contribution in [3.05, 3.63) is 182 Å². The third kappa shape index (κ3) is 5.30. The molecule has 0 atom stereocenters. The van der Waals surface area contributed by atoms with Gasteiger partial charge >= 0.3 is 0 Å². The van der Waals surface area contributed by atoms with Gasteiger partial charge in [-0.1, -0.05) is 127 Å². The minimum atomic E-state index is 0.644. The lowest BCUT2D eigenvalue weighted by Crippen LogP contribution is -2.00. The SMILES string of the molecule is c1ccc(-c2nc(-c3ccccc3)nc(-c3ccc4c(c3)c3ccc(-c5ccc6c(c5)sc5ccccc56)cc3n4-c3ccc4c(c3)sc3ccccc34)n2)cc1. The minimum absolute atomic E-state index is 0.644. The van der Waals surface area contributed by atoms with Gasteiger partial charge in [-0.3, -0.25) is 0 Å². The summed E-state index contributed by atoms with van der Waals surface area (Å²) >= 11 is 3.71. The van der Waals surface area contributed by atoms with E-state index in [1.54, 1.807) is 0 Å². The van der Waals surface area contributed by atoms with Gasteiger partial charge in [-0.2, -0.15) is 0 Å². The minimum Gasteiger partial charge on any atom is -0.309 e. The highest BCUT2D eigenvalue weighted by Gasteiger charge is 2.19. The number of rotatable bonds is 5. The molecule has 0 radical (unpaired) electrons. The zero-order valence-electron chi connectivity index (χ0n) is 30.4. The summed E-state index contributed by atoms with van der Waals surface area (Å²) in [5, 5.41) is 7.54. The first kappa shape index (κ1) is 32.3. The van der Waals surface area contributed by atoms with Crippen LogP contribution in [-0.4, -0.2) is 19.5 Å². The van der Waals surface area contributed by atoms with Gasteiger partial charge in [0.15, 0.2) is 17.5 Å². The van der Waals surface area contributed by atoms with E-state index in [1.807, 2.05) is 83.3 Å². The molecule has 0 spiro atoms. The van der Waals surface area contributed by atoms with Crippen LogP contribution in [0.4, 0.5) is 0 Å². The van der Waals surface area contributed by atoms with Crippen LogP contribution in [0.2, 0.25) is 0 Å². The van der Waals surface area contributed by atoms with Crippen molar-refractivity contribution in [2.45, 2.75) is 0 Å². The van der Waals surface area contributed by atoms with Crippen molar-refractivity contribution >= 4 is 84.8 Å². The molecule has 0 bridgehead atoms. The van der Waals surface area contributed by atoms with Gasteiger partial charge in [-0.25, -0.2) is 15.0 Å². The van der Waals surface area contributed by atoms with Crippen LogP contribution in [0.1, 0.15) is 0 Å². The molecule has 12 rings (SSSR count). The Labute approximate surface area is 335 Å². The highest BCUT2D eigenvalue weighted by Crippen LogP contribution is 2.41. The fraction of sp³-hybridized carbons (Fsp3) is 0. The topological polar surface area (TPSA) is 43.6 Å². The van der Waals surface area contributed by atoms with Crippen molar-refractivity contribution in [3.8, 4) is 51.0 Å². The Kier molecular flexibility index (Phi) is 7.24. The zero-order valence-corrected chi connectivity index (χ0v) is 32.1. The third-order valence-electron chi connectivity index (χ3n) is 11.1. The standard InChI is InChI=1S/C51H30N4S2/c1-3-11-31(12-4-1)49-52-50(32-13-5-2-6-14-32)54-51(53-49)35-21-26-43-42(27-35)37-23-19-33(34-20-24-40-38-15-7-9-17-45(38)56-47(40)29-34)28-44(37)55(43)36-22-25-41-39-16-8-10-18-46(39)57-48(41)30-36/h1-30H. The van der Waals surface area contributed by atoms with E-state index in [1.165, 1.54) is 56.9 Å². The summed E-state index contributed by atoms with van der Waals surface area (Å²) in [6, 6.07) is 65.1. The fourth-order valence-corrected chi connectivity index (χ4v) is 10.6. The zero-order chi connectivity index (χ0) is 37.5. The van der Waals surface area contributed by atoms with Gasteiger partial charge in [-0.15, -0.1) is 22.7 Å². The lowest BCUT2D eigenvalue weighted by Gasteiger charge is -2.10. The molecule has 57 heavy (non-hydrogen) atoms. The number of hydrogen-bond acceptors (Lipinski definition) is 5. The Morgan fingerprint density at radius 2 is 0.789 bits per heavy atom. The second-order valence-electron chi connectivity index (χ2n) is 14.4. The molecule has 0 amide bonds. The molecule has 0 N–H and O–H groups in total. The number of hydrogen-bond donors (Lipinski definition) is 0. The highest BCUT2D eigenvalue weighted by atomic mass is 32.1. The first-order chi connectivity index (χ1) is 28.2. The van der Waals surface area contributed by atoms with E-state index in [9.17, 15) is 0 Å². The second-order valence-corrected chi connectivity index (χ2v) is 16.6. The molecule has 12 aromatic rings. The predicted octanol–water partition coefficient (Wildman–Crippen LogP) is 14.4.